The van der Waals surface area contributed by atoms with Crippen LogP contribution in [0, 0.1) is 5.82 Å². The summed E-state index contributed by atoms with van der Waals surface area (Å²) in [6, 6.07) is 5.62. The van der Waals surface area contributed by atoms with Gasteiger partial charge in [0.1, 0.15) is 11.6 Å². The molecule has 0 bridgehead atoms. The van der Waals surface area contributed by atoms with Crippen LogP contribution in [0.2, 0.25) is 0 Å². The van der Waals surface area contributed by atoms with Gasteiger partial charge in [-0.25, -0.2) is 9.18 Å². The molecule has 1 atom stereocenters. The van der Waals surface area contributed by atoms with E-state index in [0.717, 1.165) is 0 Å². The second kappa shape index (κ2) is 5.34. The third-order valence-electron chi connectivity index (χ3n) is 1.73. The van der Waals surface area contributed by atoms with Crippen LogP contribution in [0.25, 0.3) is 0 Å². The average molecular weight is 212 g/mol. The molecule has 0 radical (unpaired) electrons. The lowest BCUT2D eigenvalue weighted by atomic mass is 10.3. The summed E-state index contributed by atoms with van der Waals surface area (Å²) in [6.45, 7) is 3.57. The Morgan fingerprint density at radius 3 is 2.87 bits per heavy atom. The van der Waals surface area contributed by atoms with Gasteiger partial charge in [0.25, 0.3) is 0 Å². The Bertz CT molecular complexity index is 338. The highest BCUT2D eigenvalue weighted by Gasteiger charge is 2.15. The SMILES string of the molecule is CCOC(=O)C(C)Oc1cccc(F)c1. The molecule has 0 aliphatic heterocycles. The topological polar surface area (TPSA) is 35.5 Å². The molecule has 0 amide bonds. The zero-order valence-electron chi connectivity index (χ0n) is 8.70. The van der Waals surface area contributed by atoms with Gasteiger partial charge in [0.05, 0.1) is 6.61 Å². The summed E-state index contributed by atoms with van der Waals surface area (Å²) < 4.78 is 22.7. The zero-order chi connectivity index (χ0) is 11.3. The molecule has 0 aromatic heterocycles. The number of esters is 1. The molecule has 0 spiro atoms. The van der Waals surface area contributed by atoms with Crippen LogP contribution in [0.3, 0.4) is 0 Å². The molecule has 0 N–H and O–H groups in total. The highest BCUT2D eigenvalue weighted by molar-refractivity contribution is 5.74. The van der Waals surface area contributed by atoms with Crippen LogP contribution in [0.4, 0.5) is 4.39 Å². The molecule has 1 aromatic rings. The van der Waals surface area contributed by atoms with Crippen molar-refractivity contribution in [2.45, 2.75) is 20.0 Å². The Balaban J connectivity index is 2.58. The van der Waals surface area contributed by atoms with Gasteiger partial charge in [0, 0.05) is 6.07 Å². The number of hydrogen-bond acceptors (Lipinski definition) is 3. The minimum Gasteiger partial charge on any atom is -0.479 e. The number of rotatable bonds is 4. The minimum atomic E-state index is -0.730. The van der Waals surface area contributed by atoms with Crippen LogP contribution in [0.1, 0.15) is 13.8 Å². The molecule has 1 unspecified atom stereocenters. The maximum Gasteiger partial charge on any atom is 0.347 e. The van der Waals surface area contributed by atoms with E-state index in [4.69, 9.17) is 9.47 Å². The lowest BCUT2D eigenvalue weighted by Crippen LogP contribution is -2.26. The van der Waals surface area contributed by atoms with Crippen molar-refractivity contribution in [1.29, 1.82) is 0 Å². The summed E-state index contributed by atoms with van der Waals surface area (Å²) in [5.74, 6) is -0.541. The first-order chi connectivity index (χ1) is 7.13. The van der Waals surface area contributed by atoms with E-state index in [0.29, 0.717) is 12.4 Å². The van der Waals surface area contributed by atoms with Gasteiger partial charge in [-0.05, 0) is 26.0 Å². The first-order valence-corrected chi connectivity index (χ1v) is 4.72. The van der Waals surface area contributed by atoms with Crippen molar-refractivity contribution in [3.8, 4) is 5.75 Å². The Labute approximate surface area is 87.8 Å². The first kappa shape index (κ1) is 11.5. The maximum atomic E-state index is 12.8. The zero-order valence-corrected chi connectivity index (χ0v) is 8.70. The van der Waals surface area contributed by atoms with Crippen molar-refractivity contribution >= 4 is 5.97 Å². The van der Waals surface area contributed by atoms with Crippen LogP contribution in [0.5, 0.6) is 5.75 Å². The maximum absolute atomic E-state index is 12.8. The van der Waals surface area contributed by atoms with E-state index in [1.54, 1.807) is 19.9 Å². The Morgan fingerprint density at radius 1 is 1.53 bits per heavy atom. The van der Waals surface area contributed by atoms with E-state index in [9.17, 15) is 9.18 Å². The summed E-state index contributed by atoms with van der Waals surface area (Å²) in [7, 11) is 0. The summed E-state index contributed by atoms with van der Waals surface area (Å²) in [4.78, 5) is 11.2. The molecule has 0 aliphatic carbocycles. The van der Waals surface area contributed by atoms with E-state index in [1.807, 2.05) is 0 Å². The monoisotopic (exact) mass is 212 g/mol. The van der Waals surface area contributed by atoms with Gasteiger partial charge >= 0.3 is 5.97 Å². The standard InChI is InChI=1S/C11H13FO3/c1-3-14-11(13)8(2)15-10-6-4-5-9(12)7-10/h4-8H,3H2,1-2H3. The fraction of sp³-hybridized carbons (Fsp3) is 0.364. The predicted molar refractivity (Wildman–Crippen MR) is 53.1 cm³/mol. The molecule has 0 aliphatic rings. The lowest BCUT2D eigenvalue weighted by molar-refractivity contribution is -0.150. The van der Waals surface area contributed by atoms with Crippen molar-refractivity contribution in [3.05, 3.63) is 30.1 Å². The van der Waals surface area contributed by atoms with Gasteiger partial charge in [-0.15, -0.1) is 0 Å². The van der Waals surface area contributed by atoms with Gasteiger partial charge in [0.2, 0.25) is 0 Å². The Morgan fingerprint density at radius 2 is 2.27 bits per heavy atom. The lowest BCUT2D eigenvalue weighted by Gasteiger charge is -2.12. The predicted octanol–water partition coefficient (Wildman–Crippen LogP) is 2.16. The smallest absolute Gasteiger partial charge is 0.347 e. The Kier molecular flexibility index (Phi) is 4.09. The number of carbonyl (C=O) groups is 1. The van der Waals surface area contributed by atoms with Crippen LogP contribution in [-0.4, -0.2) is 18.7 Å². The summed E-state index contributed by atoms with van der Waals surface area (Å²) >= 11 is 0. The quantitative estimate of drug-likeness (QED) is 0.717. The van der Waals surface area contributed by atoms with Crippen molar-refractivity contribution in [2.24, 2.45) is 0 Å². The molecular weight excluding hydrogens is 199 g/mol. The fourth-order valence-electron chi connectivity index (χ4n) is 1.05. The molecule has 0 saturated heterocycles. The van der Waals surface area contributed by atoms with Crippen molar-refractivity contribution in [2.75, 3.05) is 6.61 Å². The molecule has 0 fully saturated rings. The summed E-state index contributed by atoms with van der Waals surface area (Å²) in [5.41, 5.74) is 0. The molecule has 0 heterocycles. The van der Waals surface area contributed by atoms with Crippen LogP contribution >= 0.6 is 0 Å². The first-order valence-electron chi connectivity index (χ1n) is 4.72. The number of carbonyl (C=O) groups excluding carboxylic acids is 1. The van der Waals surface area contributed by atoms with E-state index < -0.39 is 17.9 Å². The molecule has 1 aromatic carbocycles. The summed E-state index contributed by atoms with van der Waals surface area (Å²) in [6.07, 6.45) is -0.730. The minimum absolute atomic E-state index is 0.301. The number of hydrogen-bond donors (Lipinski definition) is 0. The summed E-state index contributed by atoms with van der Waals surface area (Å²) in [5, 5.41) is 0. The van der Waals surface area contributed by atoms with Crippen molar-refractivity contribution in [1.82, 2.24) is 0 Å². The molecule has 4 heteroatoms. The van der Waals surface area contributed by atoms with Crippen LogP contribution in [0.15, 0.2) is 24.3 Å². The third-order valence-corrected chi connectivity index (χ3v) is 1.73. The van der Waals surface area contributed by atoms with Crippen LogP contribution in [-0.2, 0) is 9.53 Å². The van der Waals surface area contributed by atoms with E-state index in [2.05, 4.69) is 0 Å². The van der Waals surface area contributed by atoms with E-state index in [1.165, 1.54) is 18.2 Å². The number of ether oxygens (including phenoxy) is 2. The average Bonchev–Trinajstić information content (AvgIpc) is 2.18. The fourth-order valence-corrected chi connectivity index (χ4v) is 1.05. The Hall–Kier alpha value is -1.58. The highest BCUT2D eigenvalue weighted by Crippen LogP contribution is 2.14. The second-order valence-corrected chi connectivity index (χ2v) is 2.97. The highest BCUT2D eigenvalue weighted by atomic mass is 19.1. The van der Waals surface area contributed by atoms with E-state index >= 15 is 0 Å². The van der Waals surface area contributed by atoms with Gasteiger partial charge < -0.3 is 9.47 Å². The molecule has 3 nitrogen and oxygen atoms in total. The molecule has 15 heavy (non-hydrogen) atoms. The van der Waals surface area contributed by atoms with Gasteiger partial charge in [-0.2, -0.15) is 0 Å². The largest absolute Gasteiger partial charge is 0.479 e. The van der Waals surface area contributed by atoms with Gasteiger partial charge in [-0.1, -0.05) is 6.07 Å². The number of benzene rings is 1. The molecular formula is C11H13FO3. The normalized spacial score (nSPS) is 11.9. The number of halogens is 1. The van der Waals surface area contributed by atoms with Crippen molar-refractivity contribution < 1.29 is 18.7 Å². The second-order valence-electron chi connectivity index (χ2n) is 2.97. The van der Waals surface area contributed by atoms with Crippen molar-refractivity contribution in [3.63, 3.8) is 0 Å². The molecule has 1 rings (SSSR count). The van der Waals surface area contributed by atoms with Gasteiger partial charge in [0.15, 0.2) is 6.10 Å². The van der Waals surface area contributed by atoms with Crippen LogP contribution < -0.4 is 4.74 Å². The third kappa shape index (κ3) is 3.58. The van der Waals surface area contributed by atoms with Gasteiger partial charge in [-0.3, -0.25) is 0 Å². The molecule has 0 saturated carbocycles. The van der Waals surface area contributed by atoms with E-state index in [-0.39, 0.29) is 0 Å². The molecule has 82 valence electrons.